The monoisotopic (exact) mass is 342 g/mol. The van der Waals surface area contributed by atoms with Crippen LogP contribution in [0.2, 0.25) is 0 Å². The first kappa shape index (κ1) is 15.9. The molecular weight excluding hydrogens is 320 g/mol. The molecule has 1 aromatic rings. The molecule has 2 rings (SSSR count). The van der Waals surface area contributed by atoms with Crippen molar-refractivity contribution in [1.29, 1.82) is 0 Å². The van der Waals surface area contributed by atoms with E-state index < -0.39 is 0 Å². The maximum atomic E-state index is 5.48. The summed E-state index contributed by atoms with van der Waals surface area (Å²) < 4.78 is 12.1. The molecule has 0 saturated carbocycles. The Bertz CT molecular complexity index is 430. The molecule has 2 atom stereocenters. The van der Waals surface area contributed by atoms with Crippen LogP contribution in [0.5, 0.6) is 0 Å². The van der Waals surface area contributed by atoms with E-state index in [9.17, 15) is 0 Å². The summed E-state index contributed by atoms with van der Waals surface area (Å²) in [4.78, 5) is 2.38. The molecule has 1 aliphatic heterocycles. The molecule has 1 heterocycles. The van der Waals surface area contributed by atoms with E-state index in [1.54, 1.807) is 14.2 Å². The third-order valence-electron chi connectivity index (χ3n) is 3.79. The summed E-state index contributed by atoms with van der Waals surface area (Å²) in [5.74, 6) is 0. The molecule has 2 unspecified atom stereocenters. The molecule has 1 saturated heterocycles. The molecular formula is C15H23BrN2O2. The van der Waals surface area contributed by atoms with Crippen LogP contribution in [0.25, 0.3) is 0 Å². The van der Waals surface area contributed by atoms with Crippen molar-refractivity contribution in [1.82, 2.24) is 10.2 Å². The first-order valence-corrected chi connectivity index (χ1v) is 7.67. The van der Waals surface area contributed by atoms with Crippen molar-refractivity contribution in [3.8, 4) is 0 Å². The highest BCUT2D eigenvalue weighted by Gasteiger charge is 2.32. The molecule has 0 radical (unpaired) electrons. The van der Waals surface area contributed by atoms with Gasteiger partial charge in [0.15, 0.2) is 0 Å². The number of methoxy groups -OCH3 is 2. The minimum Gasteiger partial charge on any atom is -0.377 e. The van der Waals surface area contributed by atoms with Gasteiger partial charge in [0.2, 0.25) is 0 Å². The Morgan fingerprint density at radius 2 is 1.90 bits per heavy atom. The van der Waals surface area contributed by atoms with Crippen LogP contribution >= 0.6 is 15.9 Å². The van der Waals surface area contributed by atoms with Gasteiger partial charge in [-0.1, -0.05) is 28.1 Å². The van der Waals surface area contributed by atoms with Gasteiger partial charge in [-0.25, -0.2) is 0 Å². The molecule has 0 spiro atoms. The average Bonchev–Trinajstić information content (AvgIpc) is 2.84. The van der Waals surface area contributed by atoms with Gasteiger partial charge in [-0.15, -0.1) is 0 Å². The van der Waals surface area contributed by atoms with E-state index >= 15 is 0 Å². The molecule has 5 heteroatoms. The van der Waals surface area contributed by atoms with Gasteiger partial charge in [-0.3, -0.25) is 4.90 Å². The Kier molecular flexibility index (Phi) is 5.99. The first-order valence-electron chi connectivity index (χ1n) is 6.87. The van der Waals surface area contributed by atoms with Crippen LogP contribution in [-0.2, 0) is 22.6 Å². The van der Waals surface area contributed by atoms with Crippen molar-refractivity contribution in [3.63, 3.8) is 0 Å². The lowest BCUT2D eigenvalue weighted by molar-refractivity contribution is -0.00461. The molecule has 0 bridgehead atoms. The first-order chi connectivity index (χ1) is 9.67. The Labute approximate surface area is 129 Å². The Balaban J connectivity index is 2.00. The number of hydrogen-bond acceptors (Lipinski definition) is 4. The van der Waals surface area contributed by atoms with Gasteiger partial charge < -0.3 is 14.8 Å². The maximum absolute atomic E-state index is 5.48. The number of rotatable bonds is 6. The lowest BCUT2D eigenvalue weighted by Crippen LogP contribution is -2.27. The van der Waals surface area contributed by atoms with Crippen molar-refractivity contribution < 1.29 is 9.47 Å². The zero-order chi connectivity index (χ0) is 14.5. The van der Waals surface area contributed by atoms with E-state index in [0.29, 0.717) is 0 Å². The predicted octanol–water partition coefficient (Wildman–Crippen LogP) is 2.01. The van der Waals surface area contributed by atoms with Gasteiger partial charge in [0.25, 0.3) is 0 Å². The van der Waals surface area contributed by atoms with E-state index in [2.05, 4.69) is 44.3 Å². The van der Waals surface area contributed by atoms with Crippen molar-refractivity contribution in [2.24, 2.45) is 0 Å². The maximum Gasteiger partial charge on any atom is 0.0971 e. The molecule has 0 amide bonds. The summed E-state index contributed by atoms with van der Waals surface area (Å²) in [5, 5.41) is 3.17. The van der Waals surface area contributed by atoms with Crippen molar-refractivity contribution in [3.05, 3.63) is 33.8 Å². The van der Waals surface area contributed by atoms with Gasteiger partial charge in [0.1, 0.15) is 0 Å². The van der Waals surface area contributed by atoms with Crippen molar-refractivity contribution >= 4 is 15.9 Å². The predicted molar refractivity (Wildman–Crippen MR) is 83.8 cm³/mol. The normalized spacial score (nSPS) is 23.4. The van der Waals surface area contributed by atoms with Crippen LogP contribution in [0.3, 0.4) is 0 Å². The summed E-state index contributed by atoms with van der Waals surface area (Å²) in [6, 6.07) is 6.55. The van der Waals surface area contributed by atoms with Gasteiger partial charge >= 0.3 is 0 Å². The highest BCUT2D eigenvalue weighted by atomic mass is 79.9. The average molecular weight is 343 g/mol. The molecule has 1 aliphatic rings. The highest BCUT2D eigenvalue weighted by molar-refractivity contribution is 9.10. The van der Waals surface area contributed by atoms with Gasteiger partial charge in [0, 0.05) is 44.9 Å². The summed E-state index contributed by atoms with van der Waals surface area (Å²) in [5.41, 5.74) is 2.59. The van der Waals surface area contributed by atoms with E-state index in [-0.39, 0.29) is 12.2 Å². The van der Waals surface area contributed by atoms with Gasteiger partial charge in [-0.2, -0.15) is 0 Å². The fraction of sp³-hybridized carbons (Fsp3) is 0.600. The second kappa shape index (κ2) is 7.52. The summed E-state index contributed by atoms with van der Waals surface area (Å²) in [6.07, 6.45) is 0.338. The second-order valence-electron chi connectivity index (χ2n) is 5.20. The quantitative estimate of drug-likeness (QED) is 0.857. The van der Waals surface area contributed by atoms with Crippen LogP contribution in [0.4, 0.5) is 0 Å². The third-order valence-corrected chi connectivity index (χ3v) is 4.53. The second-order valence-corrected chi connectivity index (χ2v) is 6.05. The van der Waals surface area contributed by atoms with E-state index in [0.717, 1.165) is 26.2 Å². The number of ether oxygens (including phenoxy) is 2. The molecule has 1 fully saturated rings. The smallest absolute Gasteiger partial charge is 0.0971 e. The zero-order valence-corrected chi connectivity index (χ0v) is 13.9. The van der Waals surface area contributed by atoms with Crippen LogP contribution in [0.1, 0.15) is 11.1 Å². The summed E-state index contributed by atoms with van der Waals surface area (Å²) in [6.45, 7) is 3.64. The minimum absolute atomic E-state index is 0.169. The van der Waals surface area contributed by atoms with Crippen molar-refractivity contribution in [2.45, 2.75) is 25.3 Å². The van der Waals surface area contributed by atoms with Crippen molar-refractivity contribution in [2.75, 3.05) is 34.4 Å². The van der Waals surface area contributed by atoms with Gasteiger partial charge in [0.05, 0.1) is 12.2 Å². The lowest BCUT2D eigenvalue weighted by Gasteiger charge is -2.16. The highest BCUT2D eigenvalue weighted by Crippen LogP contribution is 2.23. The van der Waals surface area contributed by atoms with Crippen LogP contribution in [0.15, 0.2) is 22.7 Å². The summed E-state index contributed by atoms with van der Waals surface area (Å²) in [7, 11) is 5.47. The Morgan fingerprint density at radius 3 is 2.40 bits per heavy atom. The molecule has 20 heavy (non-hydrogen) atoms. The van der Waals surface area contributed by atoms with Crippen LogP contribution < -0.4 is 5.32 Å². The molecule has 4 nitrogen and oxygen atoms in total. The number of hydrogen-bond donors (Lipinski definition) is 1. The number of halogens is 1. The fourth-order valence-electron chi connectivity index (χ4n) is 2.67. The van der Waals surface area contributed by atoms with E-state index in [1.807, 2.05) is 7.05 Å². The SMILES string of the molecule is CNCc1ccc(CN2CC(OC)C(OC)C2)c(Br)c1. The number of likely N-dealkylation sites (tertiary alicyclic amines) is 1. The largest absolute Gasteiger partial charge is 0.377 e. The third kappa shape index (κ3) is 3.80. The van der Waals surface area contributed by atoms with Gasteiger partial charge in [-0.05, 0) is 24.2 Å². The van der Waals surface area contributed by atoms with E-state index in [4.69, 9.17) is 9.47 Å². The lowest BCUT2D eigenvalue weighted by atomic mass is 10.1. The van der Waals surface area contributed by atoms with E-state index in [1.165, 1.54) is 15.6 Å². The van der Waals surface area contributed by atoms with Crippen LogP contribution in [-0.4, -0.2) is 51.5 Å². The fourth-order valence-corrected chi connectivity index (χ4v) is 3.23. The minimum atomic E-state index is 0.169. The molecule has 112 valence electrons. The molecule has 0 aliphatic carbocycles. The molecule has 1 N–H and O–H groups in total. The Morgan fingerprint density at radius 1 is 1.25 bits per heavy atom. The standard InChI is InChI=1S/C15H23BrN2O2/c1-17-7-11-4-5-12(13(16)6-11)8-18-9-14(19-2)15(10-18)20-3/h4-6,14-15,17H,7-10H2,1-3H3. The zero-order valence-electron chi connectivity index (χ0n) is 12.4. The number of benzene rings is 1. The summed E-state index contributed by atoms with van der Waals surface area (Å²) >= 11 is 3.67. The molecule has 0 aromatic heterocycles. The number of nitrogens with one attached hydrogen (secondary N) is 1. The number of nitrogens with zero attached hydrogens (tertiary/aromatic N) is 1. The van der Waals surface area contributed by atoms with Crippen LogP contribution in [0, 0.1) is 0 Å². The topological polar surface area (TPSA) is 33.7 Å². The Hall–Kier alpha value is -0.460. The molecule has 1 aromatic carbocycles.